The number of pyridine rings is 2. The zero-order chi connectivity index (χ0) is 25.1. The van der Waals surface area contributed by atoms with E-state index in [2.05, 4.69) is 103 Å². The van der Waals surface area contributed by atoms with E-state index in [1.165, 1.54) is 16.7 Å². The summed E-state index contributed by atoms with van der Waals surface area (Å²) in [6, 6.07) is 29.8. The van der Waals surface area contributed by atoms with Gasteiger partial charge in [0.15, 0.2) is 0 Å². The third-order valence-corrected chi connectivity index (χ3v) is 7.08. The molecule has 0 amide bonds. The molecule has 0 saturated carbocycles. The Morgan fingerprint density at radius 1 is 0.806 bits per heavy atom. The van der Waals surface area contributed by atoms with Crippen LogP contribution < -0.4 is 4.90 Å². The molecule has 0 spiro atoms. The number of rotatable bonds is 7. The minimum atomic E-state index is 0.0587. The predicted octanol–water partition coefficient (Wildman–Crippen LogP) is 8.29. The molecule has 0 saturated heterocycles. The fraction of sp³-hybridized carbons (Fsp3) is 0.188. The Balaban J connectivity index is 1.80. The smallest absolute Gasteiger partial charge is 0.139 e. The molecule has 4 heteroatoms. The summed E-state index contributed by atoms with van der Waals surface area (Å²) in [4.78, 5) is 11.7. The molecule has 0 aliphatic carbocycles. The fourth-order valence-electron chi connectivity index (χ4n) is 5.12. The lowest BCUT2D eigenvalue weighted by molar-refractivity contribution is 0.870. The van der Waals surface area contributed by atoms with Gasteiger partial charge in [0.25, 0.3) is 0 Å². The van der Waals surface area contributed by atoms with Gasteiger partial charge in [0, 0.05) is 42.4 Å². The van der Waals surface area contributed by atoms with Crippen molar-refractivity contribution < 1.29 is 0 Å². The number of fused-ring (bicyclic) bond motifs is 1. The maximum atomic E-state index is 6.87. The number of benzene rings is 3. The molecule has 5 rings (SSSR count). The van der Waals surface area contributed by atoms with E-state index in [-0.39, 0.29) is 5.92 Å². The first-order chi connectivity index (χ1) is 17.6. The summed E-state index contributed by atoms with van der Waals surface area (Å²) in [6.07, 6.45) is 3.80. The van der Waals surface area contributed by atoms with Gasteiger partial charge in [-0.1, -0.05) is 83.9 Å². The number of halogens is 1. The lowest BCUT2D eigenvalue weighted by Gasteiger charge is -2.27. The zero-order valence-corrected chi connectivity index (χ0v) is 21.7. The van der Waals surface area contributed by atoms with E-state index in [9.17, 15) is 0 Å². The molecule has 0 bridgehead atoms. The van der Waals surface area contributed by atoms with Crippen LogP contribution in [0.1, 0.15) is 42.0 Å². The summed E-state index contributed by atoms with van der Waals surface area (Å²) in [7, 11) is 0. The molecular weight excluding hydrogens is 462 g/mol. The molecule has 3 aromatic carbocycles. The number of nitrogens with zero attached hydrogens (tertiary/aromatic N) is 3. The summed E-state index contributed by atoms with van der Waals surface area (Å²) in [5, 5.41) is 1.65. The average molecular weight is 492 g/mol. The highest BCUT2D eigenvalue weighted by atomic mass is 35.5. The van der Waals surface area contributed by atoms with Crippen molar-refractivity contribution in [2.45, 2.75) is 26.7 Å². The van der Waals surface area contributed by atoms with E-state index >= 15 is 0 Å². The monoisotopic (exact) mass is 491 g/mol. The van der Waals surface area contributed by atoms with Crippen LogP contribution in [0.25, 0.3) is 22.0 Å². The van der Waals surface area contributed by atoms with Crippen molar-refractivity contribution in [3.63, 3.8) is 0 Å². The predicted molar refractivity (Wildman–Crippen MR) is 152 cm³/mol. The van der Waals surface area contributed by atoms with Gasteiger partial charge in [-0.2, -0.15) is 0 Å². The molecule has 1 atom stereocenters. The van der Waals surface area contributed by atoms with Crippen molar-refractivity contribution in [1.29, 1.82) is 0 Å². The third-order valence-electron chi connectivity index (χ3n) is 6.81. The number of hydrogen-bond donors (Lipinski definition) is 0. The Bertz CT molecular complexity index is 1480. The molecule has 2 heterocycles. The van der Waals surface area contributed by atoms with Crippen LogP contribution in [0.4, 0.5) is 5.69 Å². The lowest BCUT2D eigenvalue weighted by atomic mass is 9.84. The van der Waals surface area contributed by atoms with Crippen molar-refractivity contribution in [3.05, 3.63) is 125 Å². The molecule has 0 fully saturated rings. The van der Waals surface area contributed by atoms with Gasteiger partial charge in [-0.15, -0.1) is 0 Å². The quantitative estimate of drug-likeness (QED) is 0.214. The van der Waals surface area contributed by atoms with E-state index in [1.54, 1.807) is 0 Å². The van der Waals surface area contributed by atoms with Crippen molar-refractivity contribution >= 4 is 28.2 Å². The van der Waals surface area contributed by atoms with Crippen LogP contribution >= 0.6 is 11.6 Å². The van der Waals surface area contributed by atoms with Crippen LogP contribution in [-0.2, 0) is 0 Å². The summed E-state index contributed by atoms with van der Waals surface area (Å²) in [5.74, 6) is 0.0587. The summed E-state index contributed by atoms with van der Waals surface area (Å²) < 4.78 is 0. The lowest BCUT2D eigenvalue weighted by Crippen LogP contribution is -2.23. The number of hydrogen-bond acceptors (Lipinski definition) is 3. The first-order valence-electron chi connectivity index (χ1n) is 12.5. The van der Waals surface area contributed by atoms with Crippen molar-refractivity contribution in [2.75, 3.05) is 18.0 Å². The molecule has 36 heavy (non-hydrogen) atoms. The van der Waals surface area contributed by atoms with Gasteiger partial charge in [-0.05, 0) is 61.2 Å². The molecule has 3 nitrogen and oxygen atoms in total. The van der Waals surface area contributed by atoms with Gasteiger partial charge < -0.3 is 4.90 Å². The molecule has 2 aromatic heterocycles. The highest BCUT2D eigenvalue weighted by molar-refractivity contribution is 6.34. The van der Waals surface area contributed by atoms with Gasteiger partial charge in [-0.3, -0.25) is 4.98 Å². The van der Waals surface area contributed by atoms with Crippen LogP contribution in [0.15, 0.2) is 97.3 Å². The minimum Gasteiger partial charge on any atom is -0.371 e. The summed E-state index contributed by atoms with van der Waals surface area (Å²) in [6.45, 7) is 8.27. The molecule has 0 aliphatic heterocycles. The molecule has 0 N–H and O–H groups in total. The first-order valence-corrected chi connectivity index (χ1v) is 12.9. The maximum Gasteiger partial charge on any atom is 0.139 e. The van der Waals surface area contributed by atoms with E-state index in [0.717, 1.165) is 46.4 Å². The number of aromatic nitrogens is 2. The number of aryl methyl sites for hydroxylation is 1. The largest absolute Gasteiger partial charge is 0.371 e. The van der Waals surface area contributed by atoms with E-state index in [0.29, 0.717) is 5.15 Å². The SMILES string of the molecule is CCN(CC)c1c(-c2ccccc2)c(Cl)nc2ccc(C(c3cccnc3)c3cccc(C)c3)cc12. The van der Waals surface area contributed by atoms with Gasteiger partial charge in [0.2, 0.25) is 0 Å². The minimum absolute atomic E-state index is 0.0587. The maximum absolute atomic E-state index is 6.87. The second-order valence-corrected chi connectivity index (χ2v) is 9.43. The van der Waals surface area contributed by atoms with Crippen LogP contribution in [0.3, 0.4) is 0 Å². The van der Waals surface area contributed by atoms with E-state index in [4.69, 9.17) is 16.6 Å². The van der Waals surface area contributed by atoms with Crippen LogP contribution in [0.5, 0.6) is 0 Å². The highest BCUT2D eigenvalue weighted by Crippen LogP contribution is 2.43. The first kappa shape index (κ1) is 24.0. The summed E-state index contributed by atoms with van der Waals surface area (Å²) >= 11 is 6.87. The Kier molecular flexibility index (Phi) is 7.02. The average Bonchev–Trinajstić information content (AvgIpc) is 2.91. The normalized spacial score (nSPS) is 12.0. The van der Waals surface area contributed by atoms with Crippen LogP contribution in [0, 0.1) is 6.92 Å². The molecule has 1 unspecified atom stereocenters. The molecule has 5 aromatic rings. The summed E-state index contributed by atoms with van der Waals surface area (Å²) in [5.41, 5.74) is 8.96. The van der Waals surface area contributed by atoms with Gasteiger partial charge >= 0.3 is 0 Å². The van der Waals surface area contributed by atoms with E-state index in [1.807, 2.05) is 24.5 Å². The third kappa shape index (κ3) is 4.59. The fourth-order valence-corrected chi connectivity index (χ4v) is 5.41. The van der Waals surface area contributed by atoms with Gasteiger partial charge in [0.1, 0.15) is 5.15 Å². The molecule has 180 valence electrons. The Labute approximate surface area is 218 Å². The van der Waals surface area contributed by atoms with Crippen molar-refractivity contribution in [3.8, 4) is 11.1 Å². The molecule has 0 radical (unpaired) electrons. The second kappa shape index (κ2) is 10.5. The van der Waals surface area contributed by atoms with Crippen molar-refractivity contribution in [2.24, 2.45) is 0 Å². The van der Waals surface area contributed by atoms with Gasteiger partial charge in [-0.25, -0.2) is 4.98 Å². The van der Waals surface area contributed by atoms with Crippen LogP contribution in [-0.4, -0.2) is 23.1 Å². The topological polar surface area (TPSA) is 29.0 Å². The zero-order valence-electron chi connectivity index (χ0n) is 20.9. The molecular formula is C32H30ClN3. The Morgan fingerprint density at radius 3 is 2.25 bits per heavy atom. The number of anilines is 1. The highest BCUT2D eigenvalue weighted by Gasteiger charge is 2.23. The Morgan fingerprint density at radius 2 is 1.56 bits per heavy atom. The van der Waals surface area contributed by atoms with Gasteiger partial charge in [0.05, 0.1) is 11.2 Å². The second-order valence-electron chi connectivity index (χ2n) is 9.07. The molecule has 0 aliphatic rings. The van der Waals surface area contributed by atoms with E-state index < -0.39 is 0 Å². The van der Waals surface area contributed by atoms with Crippen LogP contribution in [0.2, 0.25) is 5.15 Å². The standard InChI is InChI=1S/C32H30ClN3/c1-4-36(5-2)31-27-20-25(16-17-28(27)35-32(33)30(31)23-12-7-6-8-13-23)29(26-15-10-18-34-21-26)24-14-9-11-22(3)19-24/h6-21,29H,4-5H2,1-3H3. The van der Waals surface area contributed by atoms with Crippen molar-refractivity contribution in [1.82, 2.24) is 9.97 Å². The Hall–Kier alpha value is -3.69.